The molecule has 1 saturated heterocycles. The molecule has 1 N–H and O–H groups in total. The molecule has 1 aliphatic heterocycles. The van der Waals surface area contributed by atoms with Crippen molar-refractivity contribution in [3.05, 3.63) is 67.0 Å². The van der Waals surface area contributed by atoms with Crippen molar-refractivity contribution in [1.29, 1.82) is 0 Å². The first-order valence-corrected chi connectivity index (χ1v) is 10.6. The van der Waals surface area contributed by atoms with E-state index in [2.05, 4.69) is 10.00 Å². The summed E-state index contributed by atoms with van der Waals surface area (Å²) in [7, 11) is 0. The van der Waals surface area contributed by atoms with Gasteiger partial charge in [0, 0.05) is 24.9 Å². The molecule has 0 saturated carbocycles. The molecule has 0 bridgehead atoms. The minimum atomic E-state index is -0.733. The van der Waals surface area contributed by atoms with Gasteiger partial charge in [0.1, 0.15) is 23.9 Å². The van der Waals surface area contributed by atoms with E-state index < -0.39 is 5.97 Å². The van der Waals surface area contributed by atoms with Gasteiger partial charge in [-0.2, -0.15) is 5.10 Å². The van der Waals surface area contributed by atoms with Crippen molar-refractivity contribution in [2.45, 2.75) is 31.7 Å². The van der Waals surface area contributed by atoms with Gasteiger partial charge in [-0.25, -0.2) is 4.68 Å². The van der Waals surface area contributed by atoms with Crippen molar-refractivity contribution in [3.8, 4) is 22.9 Å². The standard InChI is InChI=1S/C24H27N3O4/c28-24(29)5-2-16-26-15-1-4-20(26)18-30-21-10-12-23(13-11-21)31-22-8-6-19(7-9-22)27-17-3-14-25-27/h3,6-14,17,20H,1-2,4-5,15-16,18H2,(H,28,29). The van der Waals surface area contributed by atoms with E-state index in [1.165, 1.54) is 0 Å². The molecule has 2 aromatic carbocycles. The number of ether oxygens (including phenoxy) is 2. The van der Waals surface area contributed by atoms with Crippen LogP contribution in [0.25, 0.3) is 5.69 Å². The lowest BCUT2D eigenvalue weighted by molar-refractivity contribution is -0.137. The molecule has 0 aliphatic carbocycles. The number of nitrogens with zero attached hydrogens (tertiary/aromatic N) is 3. The summed E-state index contributed by atoms with van der Waals surface area (Å²) in [5, 5.41) is 13.0. The molecule has 4 rings (SSSR count). The number of likely N-dealkylation sites (tertiary alicyclic amines) is 1. The Morgan fingerprint density at radius 1 is 1.06 bits per heavy atom. The summed E-state index contributed by atoms with van der Waals surface area (Å²) in [6.45, 7) is 2.44. The largest absolute Gasteiger partial charge is 0.492 e. The van der Waals surface area contributed by atoms with Crippen LogP contribution in [-0.2, 0) is 4.79 Å². The first-order valence-electron chi connectivity index (χ1n) is 10.6. The minimum absolute atomic E-state index is 0.220. The molecule has 0 amide bonds. The topological polar surface area (TPSA) is 76.8 Å². The quantitative estimate of drug-likeness (QED) is 0.524. The lowest BCUT2D eigenvalue weighted by Crippen LogP contribution is -2.35. The average molecular weight is 421 g/mol. The normalized spacial score (nSPS) is 16.3. The molecule has 7 heteroatoms. The molecule has 162 valence electrons. The Labute approximate surface area is 181 Å². The molecule has 0 radical (unpaired) electrons. The Morgan fingerprint density at radius 3 is 2.45 bits per heavy atom. The van der Waals surface area contributed by atoms with Crippen LogP contribution in [0, 0.1) is 0 Å². The molecule has 0 spiro atoms. The van der Waals surface area contributed by atoms with Crippen LogP contribution in [-0.4, -0.2) is 51.5 Å². The van der Waals surface area contributed by atoms with Crippen LogP contribution < -0.4 is 9.47 Å². The molecular formula is C24H27N3O4. The van der Waals surface area contributed by atoms with E-state index in [4.69, 9.17) is 14.6 Å². The highest BCUT2D eigenvalue weighted by Crippen LogP contribution is 2.26. The third-order valence-corrected chi connectivity index (χ3v) is 5.44. The zero-order valence-electron chi connectivity index (χ0n) is 17.4. The molecule has 1 fully saturated rings. The van der Waals surface area contributed by atoms with E-state index in [1.807, 2.05) is 60.8 Å². The van der Waals surface area contributed by atoms with Gasteiger partial charge in [0.15, 0.2) is 0 Å². The molecule has 1 aliphatic rings. The molecule has 1 unspecified atom stereocenters. The van der Waals surface area contributed by atoms with Gasteiger partial charge in [0.05, 0.1) is 5.69 Å². The van der Waals surface area contributed by atoms with E-state index in [-0.39, 0.29) is 6.42 Å². The first-order chi connectivity index (χ1) is 15.2. The van der Waals surface area contributed by atoms with Crippen LogP contribution in [0.15, 0.2) is 67.0 Å². The van der Waals surface area contributed by atoms with E-state index in [0.29, 0.717) is 19.1 Å². The van der Waals surface area contributed by atoms with Crippen molar-refractivity contribution in [2.24, 2.45) is 0 Å². The summed E-state index contributed by atoms with van der Waals surface area (Å²) in [5.74, 6) is 1.57. The Balaban J connectivity index is 1.26. The SMILES string of the molecule is O=C(O)CCCN1CCCC1COc1ccc(Oc2ccc(-n3cccn3)cc2)cc1. The van der Waals surface area contributed by atoms with Gasteiger partial charge in [0.2, 0.25) is 0 Å². The Hall–Kier alpha value is -3.32. The van der Waals surface area contributed by atoms with Crippen LogP contribution >= 0.6 is 0 Å². The van der Waals surface area contributed by atoms with Crippen molar-refractivity contribution in [2.75, 3.05) is 19.7 Å². The molecule has 1 aromatic heterocycles. The molecule has 1 atom stereocenters. The van der Waals surface area contributed by atoms with Gasteiger partial charge in [-0.15, -0.1) is 0 Å². The third-order valence-electron chi connectivity index (χ3n) is 5.44. The van der Waals surface area contributed by atoms with Crippen LogP contribution in [0.5, 0.6) is 17.2 Å². The number of carboxylic acids is 1. The number of aliphatic carboxylic acids is 1. The highest BCUT2D eigenvalue weighted by molar-refractivity contribution is 5.66. The summed E-state index contributed by atoms with van der Waals surface area (Å²) in [5.41, 5.74) is 0.977. The molecule has 7 nitrogen and oxygen atoms in total. The summed E-state index contributed by atoms with van der Waals surface area (Å²) in [6.07, 6.45) is 6.77. The van der Waals surface area contributed by atoms with E-state index in [0.717, 1.165) is 48.9 Å². The van der Waals surface area contributed by atoms with E-state index >= 15 is 0 Å². The van der Waals surface area contributed by atoms with Gasteiger partial charge >= 0.3 is 5.97 Å². The van der Waals surface area contributed by atoms with Gasteiger partial charge in [-0.05, 0) is 86.9 Å². The molecular weight excluding hydrogens is 394 g/mol. The second kappa shape index (κ2) is 10.1. The van der Waals surface area contributed by atoms with Crippen molar-refractivity contribution < 1.29 is 19.4 Å². The summed E-state index contributed by atoms with van der Waals surface area (Å²) < 4.78 is 13.7. The first kappa shape index (κ1) is 20.9. The Morgan fingerprint density at radius 2 is 1.77 bits per heavy atom. The fourth-order valence-corrected chi connectivity index (χ4v) is 3.83. The molecule has 3 aromatic rings. The van der Waals surface area contributed by atoms with Crippen LogP contribution in [0.4, 0.5) is 0 Å². The number of hydrogen-bond acceptors (Lipinski definition) is 5. The van der Waals surface area contributed by atoms with Crippen molar-refractivity contribution >= 4 is 5.97 Å². The second-order valence-corrected chi connectivity index (χ2v) is 7.66. The van der Waals surface area contributed by atoms with Crippen molar-refractivity contribution in [3.63, 3.8) is 0 Å². The Kier molecular flexibility index (Phi) is 6.84. The van der Waals surface area contributed by atoms with E-state index in [9.17, 15) is 4.79 Å². The molecule has 2 heterocycles. The maximum Gasteiger partial charge on any atom is 0.303 e. The second-order valence-electron chi connectivity index (χ2n) is 7.66. The van der Waals surface area contributed by atoms with Crippen LogP contribution in [0.2, 0.25) is 0 Å². The number of hydrogen-bond donors (Lipinski definition) is 1. The lowest BCUT2D eigenvalue weighted by Gasteiger charge is -2.24. The minimum Gasteiger partial charge on any atom is -0.492 e. The van der Waals surface area contributed by atoms with E-state index in [1.54, 1.807) is 10.9 Å². The number of benzene rings is 2. The summed E-state index contributed by atoms with van der Waals surface area (Å²) in [4.78, 5) is 13.1. The van der Waals surface area contributed by atoms with Gasteiger partial charge < -0.3 is 14.6 Å². The fourth-order valence-electron chi connectivity index (χ4n) is 3.83. The zero-order valence-corrected chi connectivity index (χ0v) is 17.4. The maximum atomic E-state index is 10.7. The summed E-state index contributed by atoms with van der Waals surface area (Å²) in [6, 6.07) is 17.6. The van der Waals surface area contributed by atoms with Crippen molar-refractivity contribution in [1.82, 2.24) is 14.7 Å². The van der Waals surface area contributed by atoms with Crippen LogP contribution in [0.1, 0.15) is 25.7 Å². The lowest BCUT2D eigenvalue weighted by atomic mass is 10.2. The highest BCUT2D eigenvalue weighted by atomic mass is 16.5. The summed E-state index contributed by atoms with van der Waals surface area (Å²) >= 11 is 0. The monoisotopic (exact) mass is 421 g/mol. The Bertz CT molecular complexity index is 956. The smallest absolute Gasteiger partial charge is 0.303 e. The molecule has 31 heavy (non-hydrogen) atoms. The fraction of sp³-hybridized carbons (Fsp3) is 0.333. The number of carboxylic acid groups (broad SMARTS) is 1. The third kappa shape index (κ3) is 5.86. The predicted molar refractivity (Wildman–Crippen MR) is 117 cm³/mol. The number of aromatic nitrogens is 2. The number of carbonyl (C=O) groups is 1. The van der Waals surface area contributed by atoms with Crippen LogP contribution in [0.3, 0.4) is 0 Å². The predicted octanol–water partition coefficient (Wildman–Crippen LogP) is 4.37. The maximum absolute atomic E-state index is 10.7. The van der Waals surface area contributed by atoms with Gasteiger partial charge in [0.25, 0.3) is 0 Å². The highest BCUT2D eigenvalue weighted by Gasteiger charge is 2.24. The number of rotatable bonds is 10. The van der Waals surface area contributed by atoms with Gasteiger partial charge in [-0.3, -0.25) is 9.69 Å². The van der Waals surface area contributed by atoms with Gasteiger partial charge in [-0.1, -0.05) is 0 Å². The average Bonchev–Trinajstić information content (AvgIpc) is 3.46. The zero-order chi connectivity index (χ0) is 21.5.